The van der Waals surface area contributed by atoms with Crippen molar-refractivity contribution in [3.63, 3.8) is 0 Å². The van der Waals surface area contributed by atoms with Crippen LogP contribution < -0.4 is 10.1 Å². The van der Waals surface area contributed by atoms with E-state index < -0.39 is 10.7 Å². The number of nitro groups is 1. The Kier molecular flexibility index (Phi) is 5.62. The Morgan fingerprint density at radius 3 is 2.61 bits per heavy atom. The molecular weight excluding hydrogens is 303 g/mol. The minimum absolute atomic E-state index is 0.120. The molecule has 0 aliphatic rings. The third kappa shape index (κ3) is 4.77. The SMILES string of the molecule is O=C(CCCOc1ccccc1[N+](=O)[O-])Nc1ccccc1F. The molecule has 0 aliphatic carbocycles. The van der Waals surface area contributed by atoms with Crippen LogP contribution in [0.5, 0.6) is 5.75 Å². The summed E-state index contributed by atoms with van der Waals surface area (Å²) in [7, 11) is 0. The van der Waals surface area contributed by atoms with Gasteiger partial charge in [0.25, 0.3) is 0 Å². The molecule has 0 heterocycles. The van der Waals surface area contributed by atoms with Crippen LogP contribution in [0.15, 0.2) is 48.5 Å². The van der Waals surface area contributed by atoms with Crippen molar-refractivity contribution in [3.05, 3.63) is 64.5 Å². The zero-order valence-electron chi connectivity index (χ0n) is 12.2. The molecule has 0 spiro atoms. The van der Waals surface area contributed by atoms with E-state index in [0.29, 0.717) is 6.42 Å². The molecule has 0 atom stereocenters. The maximum absolute atomic E-state index is 13.4. The highest BCUT2D eigenvalue weighted by molar-refractivity contribution is 5.90. The average Bonchev–Trinajstić information content (AvgIpc) is 2.54. The summed E-state index contributed by atoms with van der Waals surface area (Å²) in [6.07, 6.45) is 0.474. The van der Waals surface area contributed by atoms with Crippen LogP contribution in [0.25, 0.3) is 0 Å². The van der Waals surface area contributed by atoms with E-state index in [4.69, 9.17) is 4.74 Å². The van der Waals surface area contributed by atoms with Crippen LogP contribution in [0.2, 0.25) is 0 Å². The summed E-state index contributed by atoms with van der Waals surface area (Å²) < 4.78 is 18.7. The van der Waals surface area contributed by atoms with Crippen LogP contribution in [-0.2, 0) is 4.79 Å². The largest absolute Gasteiger partial charge is 0.487 e. The van der Waals surface area contributed by atoms with E-state index in [2.05, 4.69) is 5.32 Å². The minimum Gasteiger partial charge on any atom is -0.487 e. The van der Waals surface area contributed by atoms with Gasteiger partial charge in [0, 0.05) is 12.5 Å². The number of nitro benzene ring substituents is 1. The molecule has 6 nitrogen and oxygen atoms in total. The van der Waals surface area contributed by atoms with E-state index in [9.17, 15) is 19.3 Å². The third-order valence-corrected chi connectivity index (χ3v) is 3.02. The summed E-state index contributed by atoms with van der Waals surface area (Å²) in [4.78, 5) is 22.0. The number of hydrogen-bond donors (Lipinski definition) is 1. The Balaban J connectivity index is 1.79. The molecule has 0 saturated carbocycles. The van der Waals surface area contributed by atoms with Crippen LogP contribution in [0.1, 0.15) is 12.8 Å². The van der Waals surface area contributed by atoms with Gasteiger partial charge in [-0.15, -0.1) is 0 Å². The first-order valence-electron chi connectivity index (χ1n) is 6.98. The van der Waals surface area contributed by atoms with Crippen LogP contribution >= 0.6 is 0 Å². The standard InChI is InChI=1S/C16H15FN2O4/c17-12-6-1-2-7-13(12)18-16(20)10-5-11-23-15-9-4-3-8-14(15)19(21)22/h1-4,6-9H,5,10-11H2,(H,18,20). The minimum atomic E-state index is -0.528. The molecule has 23 heavy (non-hydrogen) atoms. The second-order valence-corrected chi connectivity index (χ2v) is 4.70. The lowest BCUT2D eigenvalue weighted by molar-refractivity contribution is -0.385. The molecule has 0 radical (unpaired) electrons. The van der Waals surface area contributed by atoms with Crippen molar-refractivity contribution in [2.75, 3.05) is 11.9 Å². The van der Waals surface area contributed by atoms with Crippen LogP contribution in [0.3, 0.4) is 0 Å². The first-order valence-corrected chi connectivity index (χ1v) is 6.98. The fourth-order valence-electron chi connectivity index (χ4n) is 1.92. The van der Waals surface area contributed by atoms with Crippen LogP contribution in [0.4, 0.5) is 15.8 Å². The van der Waals surface area contributed by atoms with Crippen molar-refractivity contribution in [2.45, 2.75) is 12.8 Å². The topological polar surface area (TPSA) is 81.5 Å². The summed E-state index contributed by atoms with van der Waals surface area (Å²) in [5, 5.41) is 13.3. The molecule has 0 aliphatic heterocycles. The second-order valence-electron chi connectivity index (χ2n) is 4.70. The maximum Gasteiger partial charge on any atom is 0.310 e. The van der Waals surface area contributed by atoms with Gasteiger partial charge < -0.3 is 10.1 Å². The Bertz CT molecular complexity index is 706. The number of hydrogen-bond acceptors (Lipinski definition) is 4. The zero-order chi connectivity index (χ0) is 16.7. The predicted molar refractivity (Wildman–Crippen MR) is 82.9 cm³/mol. The monoisotopic (exact) mass is 318 g/mol. The molecule has 2 rings (SSSR count). The number of para-hydroxylation sites is 3. The molecule has 1 N–H and O–H groups in total. The lowest BCUT2D eigenvalue weighted by atomic mass is 10.2. The van der Waals surface area contributed by atoms with Gasteiger partial charge in [0.2, 0.25) is 5.91 Å². The van der Waals surface area contributed by atoms with Crippen molar-refractivity contribution in [1.82, 2.24) is 0 Å². The average molecular weight is 318 g/mol. The fourth-order valence-corrected chi connectivity index (χ4v) is 1.92. The Morgan fingerprint density at radius 2 is 1.87 bits per heavy atom. The van der Waals surface area contributed by atoms with Crippen molar-refractivity contribution >= 4 is 17.3 Å². The highest BCUT2D eigenvalue weighted by Crippen LogP contribution is 2.25. The highest BCUT2D eigenvalue weighted by Gasteiger charge is 2.13. The molecule has 1 amide bonds. The first kappa shape index (κ1) is 16.4. The summed E-state index contributed by atoms with van der Waals surface area (Å²) in [5.74, 6) is -0.690. The van der Waals surface area contributed by atoms with Gasteiger partial charge in [-0.25, -0.2) is 4.39 Å². The van der Waals surface area contributed by atoms with Crippen molar-refractivity contribution in [1.29, 1.82) is 0 Å². The number of benzene rings is 2. The number of anilines is 1. The van der Waals surface area contributed by atoms with E-state index in [1.54, 1.807) is 18.2 Å². The number of rotatable bonds is 7. The van der Waals surface area contributed by atoms with E-state index in [1.165, 1.54) is 30.3 Å². The third-order valence-electron chi connectivity index (χ3n) is 3.02. The summed E-state index contributed by atoms with van der Waals surface area (Å²) in [5.41, 5.74) is 0.000392. The predicted octanol–water partition coefficient (Wildman–Crippen LogP) is 3.53. The molecule has 0 saturated heterocycles. The van der Waals surface area contributed by atoms with Gasteiger partial charge in [-0.3, -0.25) is 14.9 Å². The number of carbonyl (C=O) groups is 1. The van der Waals surface area contributed by atoms with Gasteiger partial charge >= 0.3 is 5.69 Å². The fraction of sp³-hybridized carbons (Fsp3) is 0.188. The molecule has 0 unspecified atom stereocenters. The molecule has 2 aromatic carbocycles. The first-order chi connectivity index (χ1) is 11.1. The van der Waals surface area contributed by atoms with Gasteiger partial charge in [-0.1, -0.05) is 24.3 Å². The second kappa shape index (κ2) is 7.88. The molecule has 7 heteroatoms. The van der Waals surface area contributed by atoms with Crippen LogP contribution in [0, 0.1) is 15.9 Å². The molecule has 120 valence electrons. The van der Waals surface area contributed by atoms with Gasteiger partial charge in [0.15, 0.2) is 5.75 Å². The van der Waals surface area contributed by atoms with Crippen LogP contribution in [-0.4, -0.2) is 17.4 Å². The van der Waals surface area contributed by atoms with Gasteiger partial charge in [-0.2, -0.15) is 0 Å². The van der Waals surface area contributed by atoms with Crippen molar-refractivity contribution in [3.8, 4) is 5.75 Å². The number of carbonyl (C=O) groups excluding carboxylic acids is 1. The number of nitrogens with one attached hydrogen (secondary N) is 1. The maximum atomic E-state index is 13.4. The number of amides is 1. The number of ether oxygens (including phenoxy) is 1. The van der Waals surface area contributed by atoms with Gasteiger partial charge in [0.05, 0.1) is 17.2 Å². The zero-order valence-corrected chi connectivity index (χ0v) is 12.2. The van der Waals surface area contributed by atoms with Crippen molar-refractivity contribution in [2.24, 2.45) is 0 Å². The molecule has 2 aromatic rings. The van der Waals surface area contributed by atoms with Crippen molar-refractivity contribution < 1.29 is 18.8 Å². The number of halogens is 1. The lowest BCUT2D eigenvalue weighted by Gasteiger charge is -2.08. The highest BCUT2D eigenvalue weighted by atomic mass is 19.1. The Morgan fingerprint density at radius 1 is 1.17 bits per heavy atom. The van der Waals surface area contributed by atoms with Gasteiger partial charge in [-0.05, 0) is 24.6 Å². The molecule has 0 bridgehead atoms. The number of nitrogens with zero attached hydrogens (tertiary/aromatic N) is 1. The summed E-state index contributed by atoms with van der Waals surface area (Å²) in [6, 6.07) is 11.9. The quantitative estimate of drug-likeness (QED) is 0.481. The molecule has 0 aromatic heterocycles. The smallest absolute Gasteiger partial charge is 0.310 e. The molecule has 0 fully saturated rings. The lowest BCUT2D eigenvalue weighted by Crippen LogP contribution is -2.13. The van der Waals surface area contributed by atoms with E-state index in [-0.39, 0.29) is 36.1 Å². The Hall–Kier alpha value is -2.96. The van der Waals surface area contributed by atoms with E-state index >= 15 is 0 Å². The van der Waals surface area contributed by atoms with Gasteiger partial charge in [0.1, 0.15) is 5.82 Å². The van der Waals surface area contributed by atoms with E-state index in [1.807, 2.05) is 0 Å². The normalized spacial score (nSPS) is 10.1. The molecular formula is C16H15FN2O4. The summed E-state index contributed by atoms with van der Waals surface area (Å²) >= 11 is 0. The summed E-state index contributed by atoms with van der Waals surface area (Å²) in [6.45, 7) is 0.148. The van der Waals surface area contributed by atoms with E-state index in [0.717, 1.165) is 0 Å². The Labute approximate surface area is 132 Å².